The zero-order chi connectivity index (χ0) is 70.2. The van der Waals surface area contributed by atoms with Crippen molar-refractivity contribution in [3.05, 3.63) is 0 Å². The minimum Gasteiger partial charge on any atom is -0.382 e. The highest BCUT2D eigenvalue weighted by molar-refractivity contribution is 5.04. The van der Waals surface area contributed by atoms with Gasteiger partial charge in [0.05, 0.1) is 39.6 Å². The van der Waals surface area contributed by atoms with Crippen LogP contribution in [0.2, 0.25) is 0 Å². The van der Waals surface area contributed by atoms with Gasteiger partial charge in [-0.15, -0.1) is 0 Å². The number of nitrogens with two attached hydrogens (primary N) is 1. The fourth-order valence-electron chi connectivity index (χ4n) is 14.7. The summed E-state index contributed by atoms with van der Waals surface area (Å²) in [6, 6.07) is 0. The van der Waals surface area contributed by atoms with Crippen molar-refractivity contribution in [2.24, 2.45) is 5.73 Å². The largest absolute Gasteiger partial charge is 0.382 e. The highest BCUT2D eigenvalue weighted by Gasteiger charge is 2.62. The number of rotatable bonds is 27. The monoisotopic (exact) mass is 1410 g/mol. The molecule has 2 N–H and O–H groups in total. The van der Waals surface area contributed by atoms with E-state index in [0.29, 0.717) is 0 Å². The van der Waals surface area contributed by atoms with Crippen LogP contribution in [0.3, 0.4) is 0 Å². The van der Waals surface area contributed by atoms with Crippen molar-refractivity contribution < 1.29 is 161 Å². The third-order valence-electron chi connectivity index (χ3n) is 19.2. The summed E-state index contributed by atoms with van der Waals surface area (Å²) in [5, 5.41) is 0. The zero-order valence-electron chi connectivity index (χ0n) is 59.6. The molecule has 35 heteroatoms. The van der Waals surface area contributed by atoms with Crippen molar-refractivity contribution in [3.8, 4) is 0 Å². The molecule has 21 aliphatic heterocycles. The Hall–Kier alpha value is -1.40. The van der Waals surface area contributed by atoms with Gasteiger partial charge in [-0.3, -0.25) is 0 Å². The molecule has 0 aliphatic carbocycles. The zero-order valence-corrected chi connectivity index (χ0v) is 59.6. The Balaban J connectivity index is 1.23. The maximum Gasteiger partial charge on any atom is 0.187 e. The number of hydrogen-bond donors (Lipinski definition) is 1. The minimum atomic E-state index is -1.22. The Morgan fingerprint density at radius 1 is 0.175 bits per heavy atom. The second-order valence-electron chi connectivity index (χ2n) is 24.3. The van der Waals surface area contributed by atoms with Gasteiger partial charge in [0, 0.05) is 149 Å². The van der Waals surface area contributed by atoms with Gasteiger partial charge in [0.25, 0.3) is 0 Å². The first-order chi connectivity index (χ1) is 47.2. The summed E-state index contributed by atoms with van der Waals surface area (Å²) in [7, 11) is 30.1. The quantitative estimate of drug-likeness (QED) is 0.0913. The van der Waals surface area contributed by atoms with Gasteiger partial charge >= 0.3 is 0 Å². The number of ether oxygens (including phenoxy) is 34. The number of hydrogen-bond acceptors (Lipinski definition) is 35. The maximum atomic E-state index is 7.02. The van der Waals surface area contributed by atoms with Crippen LogP contribution in [0.15, 0.2) is 0 Å². The molecule has 21 fully saturated rings. The van der Waals surface area contributed by atoms with Crippen molar-refractivity contribution in [1.29, 1.82) is 0 Å². The summed E-state index contributed by atoms with van der Waals surface area (Å²) < 4.78 is 220. The van der Waals surface area contributed by atoms with Gasteiger partial charge in [-0.2, -0.15) is 0 Å². The van der Waals surface area contributed by atoms with Crippen LogP contribution in [-0.4, -0.2) is 403 Å². The third-order valence-corrected chi connectivity index (χ3v) is 19.2. The molecule has 35 atom stereocenters. The Bertz CT molecular complexity index is 2180. The van der Waals surface area contributed by atoms with Gasteiger partial charge in [0.1, 0.15) is 171 Å². The van der Waals surface area contributed by atoms with Crippen molar-refractivity contribution in [1.82, 2.24) is 0 Å². The molecule has 97 heavy (non-hydrogen) atoms. The van der Waals surface area contributed by atoms with E-state index in [1.807, 2.05) is 0 Å². The molecule has 21 saturated heterocycles. The second-order valence-corrected chi connectivity index (χ2v) is 24.3. The molecule has 21 aliphatic rings. The van der Waals surface area contributed by atoms with E-state index >= 15 is 0 Å². The van der Waals surface area contributed by atoms with Crippen LogP contribution in [0.5, 0.6) is 0 Å². The summed E-state index contributed by atoms with van der Waals surface area (Å²) in [6.07, 6.45) is -35.9. The summed E-state index contributed by atoms with van der Waals surface area (Å²) in [4.78, 5) is 0. The maximum absolute atomic E-state index is 7.02. The molecule has 0 aromatic rings. The molecular weight excluding hydrogens is 1300 g/mol. The fourth-order valence-corrected chi connectivity index (χ4v) is 14.7. The molecule has 0 aromatic heterocycles. The van der Waals surface area contributed by atoms with Crippen molar-refractivity contribution in [2.75, 3.05) is 188 Å². The smallest absolute Gasteiger partial charge is 0.187 e. The van der Waals surface area contributed by atoms with Crippen molar-refractivity contribution in [3.63, 3.8) is 0 Å². The lowest BCUT2D eigenvalue weighted by Crippen LogP contribution is -2.69. The molecule has 0 saturated carbocycles. The standard InChI is InChI=1S/C62H111NO34/c1-64-22-29-36-43(71-8)51(79-16)58(86-29)94-38-31(24-66-3)88-60(53(81-18)45(38)73-10)96-40-33(26-68-5)90-62(55(83-20)47(40)75-12)97-41-34(27-69-6)89-61(54(82-19)48(41)76-13)95-39-32(25-67-4)87-59(52(80-17)46(39)74-11)93-37-30(23-65-2)85-57(50(78-15)44(37)72-9)91-35-28(21-63)84-56(92-36)49(77-14)42(35)70-7/h28-62H,21-27,63H2,1-20H3/t28-,29-,30-,31-,32-,33+,34+,35-,36-,37-,38-,39-,40+,41+,42+,43+,44+,45+,46+,47-,48-,49-,50-,51-,52-,53-,54+,55+,56-,57-,58-,59-,60-,61+,62-/m1/s1. The van der Waals surface area contributed by atoms with E-state index in [9.17, 15) is 0 Å². The Morgan fingerprint density at radius 3 is 0.412 bits per heavy atom. The summed E-state index contributed by atoms with van der Waals surface area (Å²) >= 11 is 0. The lowest BCUT2D eigenvalue weighted by molar-refractivity contribution is -0.402. The first kappa shape index (κ1) is 81.3. The van der Waals surface area contributed by atoms with E-state index in [0.717, 1.165) is 0 Å². The van der Waals surface area contributed by atoms with Crippen LogP contribution in [0.25, 0.3) is 0 Å². The van der Waals surface area contributed by atoms with Crippen LogP contribution in [0.1, 0.15) is 0 Å². The first-order valence-electron chi connectivity index (χ1n) is 32.4. The van der Waals surface area contributed by atoms with Crippen molar-refractivity contribution in [2.45, 2.75) is 215 Å². The van der Waals surface area contributed by atoms with Crippen LogP contribution < -0.4 is 5.73 Å². The molecule has 0 aromatic carbocycles. The van der Waals surface area contributed by atoms with Gasteiger partial charge in [0.2, 0.25) is 0 Å². The van der Waals surface area contributed by atoms with E-state index in [4.69, 9.17) is 167 Å². The van der Waals surface area contributed by atoms with Gasteiger partial charge in [0.15, 0.2) is 44.0 Å². The molecule has 0 amide bonds. The average Bonchev–Trinajstić information content (AvgIpc) is 0.778. The topological polar surface area (TPSA) is 340 Å². The predicted molar refractivity (Wildman–Crippen MR) is 326 cm³/mol. The van der Waals surface area contributed by atoms with E-state index in [-0.39, 0.29) is 46.2 Å². The van der Waals surface area contributed by atoms with Crippen LogP contribution in [0.4, 0.5) is 0 Å². The van der Waals surface area contributed by atoms with E-state index in [2.05, 4.69) is 0 Å². The Labute approximate surface area is 568 Å². The molecular formula is C62H111NO34. The SMILES string of the molecule is COC[C@@H]1O[C@H]2O[C@H]3[C@H](OC)[C@@H](OC)[C@@H](O[C@H]4[C@H](OC)[C@@H](OC)[C@@H](O[C@H]5[C@H](OC)[C@@H](OC)[C@@H](O[C@H]6[C@H](OC)[C@@H](OC)[C@@H](O[C@H]7[C@H](OC)[C@@H](OC)[C@@H](O[C@@H]8[C@@H](OC)[C@H](OC)[C@@H](O[C@@H]1[C@@H](OC)[C@@H]2OC)O[C@H]8COC)O[C@@H]7COC)O[C@@H]6COC)O[C@@H]5CN)O[C@@H]4COC)O[C@@H]3COC. The molecule has 35 nitrogen and oxygen atoms in total. The molecule has 568 valence electrons. The third kappa shape index (κ3) is 17.6. The lowest BCUT2D eigenvalue weighted by atomic mass is 9.94. The average molecular weight is 1410 g/mol. The molecule has 21 heterocycles. The van der Waals surface area contributed by atoms with Crippen LogP contribution in [0, 0.1) is 0 Å². The summed E-state index contributed by atoms with van der Waals surface area (Å²) in [6.45, 7) is -0.339. The summed E-state index contributed by atoms with van der Waals surface area (Å²) in [5.74, 6) is 0. The van der Waals surface area contributed by atoms with Crippen molar-refractivity contribution >= 4 is 0 Å². The van der Waals surface area contributed by atoms with E-state index in [1.165, 1.54) is 142 Å². The highest BCUT2D eigenvalue weighted by Crippen LogP contribution is 2.43. The second kappa shape index (κ2) is 39.6. The number of methoxy groups -OCH3 is 20. The molecule has 0 spiro atoms. The van der Waals surface area contributed by atoms with E-state index < -0.39 is 215 Å². The van der Waals surface area contributed by atoms with Gasteiger partial charge in [-0.05, 0) is 0 Å². The lowest BCUT2D eigenvalue weighted by Gasteiger charge is -2.52. The van der Waals surface area contributed by atoms with Crippen LogP contribution >= 0.6 is 0 Å². The molecule has 14 bridgehead atoms. The molecule has 21 rings (SSSR count). The van der Waals surface area contributed by atoms with Gasteiger partial charge in [-0.25, -0.2) is 0 Å². The molecule has 0 radical (unpaired) electrons. The first-order valence-corrected chi connectivity index (χ1v) is 32.4. The molecule has 0 unspecified atom stereocenters. The van der Waals surface area contributed by atoms with Gasteiger partial charge in [-0.1, -0.05) is 0 Å². The van der Waals surface area contributed by atoms with Gasteiger partial charge < -0.3 is 167 Å². The Kier molecular flexibility index (Phi) is 33.2. The minimum absolute atomic E-state index is 0.0382. The van der Waals surface area contributed by atoms with E-state index in [1.54, 1.807) is 0 Å². The van der Waals surface area contributed by atoms with Crippen LogP contribution in [-0.2, 0) is 161 Å². The predicted octanol–water partition coefficient (Wildman–Crippen LogP) is -2.18. The summed E-state index contributed by atoms with van der Waals surface area (Å²) in [5.41, 5.74) is 6.62. The fraction of sp³-hybridized carbons (Fsp3) is 1.00. The highest BCUT2D eigenvalue weighted by atomic mass is 16.8. The normalized spacial score (nSPS) is 46.4. The Morgan fingerprint density at radius 2 is 0.299 bits per heavy atom.